The smallest absolute Gasteiger partial charge is 0.271 e. The number of benzene rings is 2. The van der Waals surface area contributed by atoms with Gasteiger partial charge >= 0.3 is 0 Å². The molecule has 35 heavy (non-hydrogen) atoms. The van der Waals surface area contributed by atoms with Crippen LogP contribution >= 0.6 is 11.6 Å². The van der Waals surface area contributed by atoms with Gasteiger partial charge in [-0.2, -0.15) is 0 Å². The molecular formula is C27H31ClN4O3. The van der Waals surface area contributed by atoms with Crippen molar-refractivity contribution in [2.75, 3.05) is 59.6 Å². The van der Waals surface area contributed by atoms with Crippen molar-refractivity contribution in [3.63, 3.8) is 0 Å². The van der Waals surface area contributed by atoms with Gasteiger partial charge in [0, 0.05) is 48.9 Å². The number of carbonyl (C=O) groups is 1. The summed E-state index contributed by atoms with van der Waals surface area (Å²) in [6.45, 7) is 6.27. The van der Waals surface area contributed by atoms with Gasteiger partial charge in [-0.05, 0) is 48.4 Å². The highest BCUT2D eigenvalue weighted by atomic mass is 35.5. The minimum atomic E-state index is -0.231. The van der Waals surface area contributed by atoms with E-state index in [4.69, 9.17) is 26.1 Å². The van der Waals surface area contributed by atoms with Gasteiger partial charge in [0.05, 0.1) is 38.6 Å². The topological polar surface area (TPSA) is 66.4 Å². The second-order valence-electron chi connectivity index (χ2n) is 8.93. The Morgan fingerprint density at radius 2 is 1.83 bits per heavy atom. The van der Waals surface area contributed by atoms with E-state index in [2.05, 4.69) is 10.2 Å². The number of methoxy groups -OCH3 is 1. The third-order valence-corrected chi connectivity index (χ3v) is 7.05. The van der Waals surface area contributed by atoms with Gasteiger partial charge in [-0.15, -0.1) is 0 Å². The number of aliphatic imine (C=N–C) groups is 1. The zero-order chi connectivity index (χ0) is 24.2. The molecule has 2 aromatic carbocycles. The number of carbonyl (C=O) groups excluding carboxylic acids is 1. The van der Waals surface area contributed by atoms with Crippen LogP contribution in [0.25, 0.3) is 0 Å². The molecule has 2 aromatic rings. The second-order valence-corrected chi connectivity index (χ2v) is 9.37. The Labute approximate surface area is 211 Å². The number of hydrogen-bond donors (Lipinski definition) is 1. The summed E-state index contributed by atoms with van der Waals surface area (Å²) in [7, 11) is 1.66. The van der Waals surface area contributed by atoms with Crippen molar-refractivity contribution < 1.29 is 14.3 Å². The summed E-state index contributed by atoms with van der Waals surface area (Å²) in [5.41, 5.74) is 4.46. The van der Waals surface area contributed by atoms with Gasteiger partial charge in [0.1, 0.15) is 11.4 Å². The van der Waals surface area contributed by atoms with Gasteiger partial charge in [0.15, 0.2) is 0 Å². The fourth-order valence-electron chi connectivity index (χ4n) is 5.03. The van der Waals surface area contributed by atoms with E-state index < -0.39 is 0 Å². The Morgan fingerprint density at radius 3 is 2.54 bits per heavy atom. The van der Waals surface area contributed by atoms with Crippen LogP contribution in [-0.4, -0.2) is 81.0 Å². The summed E-state index contributed by atoms with van der Waals surface area (Å²) < 4.78 is 10.8. The van der Waals surface area contributed by atoms with Crippen LogP contribution < -0.4 is 10.1 Å². The highest BCUT2D eigenvalue weighted by Gasteiger charge is 2.42. The summed E-state index contributed by atoms with van der Waals surface area (Å²) in [4.78, 5) is 23.1. The van der Waals surface area contributed by atoms with Crippen LogP contribution in [0.5, 0.6) is 5.75 Å². The summed E-state index contributed by atoms with van der Waals surface area (Å²) in [5, 5.41) is 4.07. The van der Waals surface area contributed by atoms with Crippen LogP contribution in [-0.2, 0) is 9.53 Å². The van der Waals surface area contributed by atoms with E-state index in [1.807, 2.05) is 53.4 Å². The van der Waals surface area contributed by atoms with Crippen LogP contribution in [0.1, 0.15) is 23.6 Å². The molecule has 8 heteroatoms. The highest BCUT2D eigenvalue weighted by molar-refractivity contribution is 6.30. The third-order valence-electron chi connectivity index (χ3n) is 6.79. The molecule has 5 rings (SSSR count). The van der Waals surface area contributed by atoms with Crippen molar-refractivity contribution in [3.8, 4) is 5.75 Å². The van der Waals surface area contributed by atoms with E-state index in [-0.39, 0.29) is 11.9 Å². The molecule has 3 aliphatic rings. The third kappa shape index (κ3) is 5.08. The number of nitrogens with zero attached hydrogens (tertiary/aromatic N) is 3. The normalized spacial score (nSPS) is 20.9. The summed E-state index contributed by atoms with van der Waals surface area (Å²) in [6, 6.07) is 15.5. The van der Waals surface area contributed by atoms with E-state index in [9.17, 15) is 4.79 Å². The molecule has 1 amide bonds. The summed E-state index contributed by atoms with van der Waals surface area (Å²) in [6.07, 6.45) is 0.894. The van der Waals surface area contributed by atoms with E-state index in [1.165, 1.54) is 0 Å². The SMILES string of the molecule is COc1ccc(C2=NCCNC3=C2C(c2ccc(Cl)cc2)N(CCCN2CCOCC2)C3=O)cc1. The monoisotopic (exact) mass is 494 g/mol. The maximum Gasteiger partial charge on any atom is 0.271 e. The molecule has 0 bridgehead atoms. The Hall–Kier alpha value is -2.87. The summed E-state index contributed by atoms with van der Waals surface area (Å²) >= 11 is 6.21. The standard InChI is InChI=1S/C27H31ClN4O3/c1-34-22-9-5-19(6-10-22)24-23-25(30-12-11-29-24)27(33)32(14-2-13-31-15-17-35-18-16-31)26(23)20-3-7-21(28)8-4-20/h3-10,26,30H,2,11-18H2,1H3. The molecule has 0 radical (unpaired) electrons. The Kier molecular flexibility index (Phi) is 7.37. The molecule has 7 nitrogen and oxygen atoms in total. The molecule has 1 unspecified atom stereocenters. The number of amides is 1. The number of rotatable bonds is 7. The zero-order valence-corrected chi connectivity index (χ0v) is 20.8. The van der Waals surface area contributed by atoms with E-state index >= 15 is 0 Å². The Morgan fingerprint density at radius 1 is 1.09 bits per heavy atom. The summed E-state index contributed by atoms with van der Waals surface area (Å²) in [5.74, 6) is 0.821. The first-order chi connectivity index (χ1) is 17.2. The predicted octanol–water partition coefficient (Wildman–Crippen LogP) is 3.30. The molecule has 1 atom stereocenters. The van der Waals surface area contributed by atoms with Crippen molar-refractivity contribution in [2.45, 2.75) is 12.5 Å². The fraction of sp³-hybridized carbons (Fsp3) is 0.407. The minimum absolute atomic E-state index is 0.0324. The zero-order valence-electron chi connectivity index (χ0n) is 20.0. The molecule has 0 aromatic heterocycles. The lowest BCUT2D eigenvalue weighted by Crippen LogP contribution is -2.39. The lowest BCUT2D eigenvalue weighted by Gasteiger charge is -2.30. The molecule has 3 heterocycles. The lowest BCUT2D eigenvalue weighted by molar-refractivity contribution is -0.127. The van der Waals surface area contributed by atoms with Gasteiger partial charge in [0.2, 0.25) is 0 Å². The van der Waals surface area contributed by atoms with Crippen LogP contribution in [0.4, 0.5) is 0 Å². The quantitative estimate of drug-likeness (QED) is 0.639. The van der Waals surface area contributed by atoms with E-state index in [1.54, 1.807) is 7.11 Å². The number of nitrogens with one attached hydrogen (secondary N) is 1. The minimum Gasteiger partial charge on any atom is -0.497 e. The predicted molar refractivity (Wildman–Crippen MR) is 137 cm³/mol. The average Bonchev–Trinajstić information content (AvgIpc) is 3.03. The molecule has 1 saturated heterocycles. The number of halogens is 1. The second kappa shape index (κ2) is 10.8. The molecule has 3 aliphatic heterocycles. The molecule has 1 N–H and O–H groups in total. The van der Waals surface area contributed by atoms with Crippen molar-refractivity contribution in [1.82, 2.24) is 15.1 Å². The first-order valence-corrected chi connectivity index (χ1v) is 12.6. The van der Waals surface area contributed by atoms with Crippen LogP contribution in [0.15, 0.2) is 64.8 Å². The molecule has 0 spiro atoms. The van der Waals surface area contributed by atoms with Crippen LogP contribution in [0.3, 0.4) is 0 Å². The molecule has 1 fully saturated rings. The molecular weight excluding hydrogens is 464 g/mol. The van der Waals surface area contributed by atoms with Crippen molar-refractivity contribution in [1.29, 1.82) is 0 Å². The average molecular weight is 495 g/mol. The van der Waals surface area contributed by atoms with Crippen LogP contribution in [0.2, 0.25) is 5.02 Å². The van der Waals surface area contributed by atoms with Gasteiger partial charge < -0.3 is 19.7 Å². The van der Waals surface area contributed by atoms with Gasteiger partial charge in [-0.1, -0.05) is 23.7 Å². The van der Waals surface area contributed by atoms with Crippen LogP contribution in [0, 0.1) is 0 Å². The molecule has 0 saturated carbocycles. The Bertz CT molecular complexity index is 1110. The van der Waals surface area contributed by atoms with Crippen molar-refractivity contribution in [3.05, 3.63) is 76.0 Å². The largest absolute Gasteiger partial charge is 0.497 e. The lowest BCUT2D eigenvalue weighted by atomic mass is 9.91. The maximum atomic E-state index is 13.8. The van der Waals surface area contributed by atoms with Gasteiger partial charge in [0.25, 0.3) is 5.91 Å². The van der Waals surface area contributed by atoms with Crippen molar-refractivity contribution >= 4 is 23.2 Å². The van der Waals surface area contributed by atoms with E-state index in [0.717, 1.165) is 67.4 Å². The first kappa shape index (κ1) is 23.9. The van der Waals surface area contributed by atoms with Crippen molar-refractivity contribution in [2.24, 2.45) is 4.99 Å². The number of ether oxygens (including phenoxy) is 2. The first-order valence-electron chi connectivity index (χ1n) is 12.2. The number of morpholine rings is 1. The molecule has 184 valence electrons. The highest BCUT2D eigenvalue weighted by Crippen LogP contribution is 2.40. The van der Waals surface area contributed by atoms with Gasteiger partial charge in [-0.3, -0.25) is 14.7 Å². The fourth-order valence-corrected chi connectivity index (χ4v) is 5.15. The van der Waals surface area contributed by atoms with Gasteiger partial charge in [-0.25, -0.2) is 0 Å². The molecule has 0 aliphatic carbocycles. The maximum absolute atomic E-state index is 13.8. The number of hydrogen-bond acceptors (Lipinski definition) is 6. The Balaban J connectivity index is 1.48. The van der Waals surface area contributed by atoms with E-state index in [0.29, 0.717) is 30.4 Å².